The number of nitrogens with one attached hydrogen (secondary N) is 1. The molecule has 4 rings (SSSR count). The number of carbonyl (C=O) groups excluding carboxylic acids is 3. The molecule has 1 saturated heterocycles. The standard InChI is InChI=1S/C28H25ClN2O8S2/c1-3-37-24-16-19(17-25-27(33)31(28(34)40-25)13-14-38-21-7-5-4-6-8-21)15-23(29)26(24)39-41(35,36)22-11-9-20(10-12-22)30-18(2)32/h4-12,15-17H,3,13-14H2,1-2H3,(H,30,32)/b25-17-. The van der Waals surface area contributed by atoms with E-state index in [1.165, 1.54) is 49.4 Å². The van der Waals surface area contributed by atoms with Gasteiger partial charge in [-0.25, -0.2) is 0 Å². The van der Waals surface area contributed by atoms with Gasteiger partial charge in [0, 0.05) is 12.6 Å². The van der Waals surface area contributed by atoms with E-state index in [1.54, 1.807) is 19.1 Å². The van der Waals surface area contributed by atoms with Crippen LogP contribution in [0.1, 0.15) is 19.4 Å². The number of anilines is 1. The summed E-state index contributed by atoms with van der Waals surface area (Å²) in [6.45, 7) is 3.40. The first-order valence-electron chi connectivity index (χ1n) is 12.3. The zero-order valence-electron chi connectivity index (χ0n) is 22.0. The highest BCUT2D eigenvalue weighted by atomic mass is 35.5. The second kappa shape index (κ2) is 13.1. The lowest BCUT2D eigenvalue weighted by molar-refractivity contribution is -0.123. The minimum absolute atomic E-state index is 0.0279. The maximum absolute atomic E-state index is 13.0. The van der Waals surface area contributed by atoms with Gasteiger partial charge in [-0.1, -0.05) is 29.8 Å². The predicted molar refractivity (Wildman–Crippen MR) is 156 cm³/mol. The van der Waals surface area contributed by atoms with Crippen LogP contribution < -0.4 is 19.0 Å². The van der Waals surface area contributed by atoms with Crippen molar-refractivity contribution in [1.82, 2.24) is 4.90 Å². The van der Waals surface area contributed by atoms with Gasteiger partial charge < -0.3 is 19.0 Å². The fourth-order valence-corrected chi connectivity index (χ4v) is 5.82. The van der Waals surface area contributed by atoms with E-state index in [0.29, 0.717) is 17.0 Å². The second-order valence-electron chi connectivity index (χ2n) is 8.50. The van der Waals surface area contributed by atoms with Crippen LogP contribution in [0.4, 0.5) is 10.5 Å². The number of benzene rings is 3. The Labute approximate surface area is 246 Å². The third-order valence-corrected chi connectivity index (χ3v) is 7.91. The molecule has 10 nitrogen and oxygen atoms in total. The van der Waals surface area contributed by atoms with Crippen LogP contribution in [0.2, 0.25) is 5.02 Å². The average molecular weight is 617 g/mol. The largest absolute Gasteiger partial charge is 0.492 e. The van der Waals surface area contributed by atoms with E-state index in [4.69, 9.17) is 25.3 Å². The van der Waals surface area contributed by atoms with Gasteiger partial charge in [0.05, 0.1) is 23.1 Å². The Kier molecular flexibility index (Phi) is 9.58. The van der Waals surface area contributed by atoms with Gasteiger partial charge in [-0.15, -0.1) is 0 Å². The van der Waals surface area contributed by atoms with Gasteiger partial charge >= 0.3 is 10.1 Å². The molecule has 1 fully saturated rings. The highest BCUT2D eigenvalue weighted by molar-refractivity contribution is 8.18. The third kappa shape index (κ3) is 7.60. The number of rotatable bonds is 11. The lowest BCUT2D eigenvalue weighted by atomic mass is 10.2. The predicted octanol–water partition coefficient (Wildman–Crippen LogP) is 5.58. The molecule has 0 bridgehead atoms. The summed E-state index contributed by atoms with van der Waals surface area (Å²) in [4.78, 5) is 37.7. The van der Waals surface area contributed by atoms with Crippen LogP contribution in [0.5, 0.6) is 17.2 Å². The Bertz CT molecular complexity index is 1590. The minimum atomic E-state index is -4.32. The summed E-state index contributed by atoms with van der Waals surface area (Å²) in [5.74, 6) is -0.370. The molecule has 0 saturated carbocycles. The number of imide groups is 1. The SMILES string of the molecule is CCOc1cc(/C=C2\SC(=O)N(CCOc3ccccc3)C2=O)cc(Cl)c1OS(=O)(=O)c1ccc(NC(C)=O)cc1. The topological polar surface area (TPSA) is 128 Å². The molecule has 0 aromatic heterocycles. The Morgan fingerprint density at radius 3 is 2.41 bits per heavy atom. The quantitative estimate of drug-likeness (QED) is 0.217. The van der Waals surface area contributed by atoms with Crippen LogP contribution in [0, 0.1) is 0 Å². The first-order valence-corrected chi connectivity index (χ1v) is 14.9. The Balaban J connectivity index is 1.52. The molecule has 1 aliphatic rings. The van der Waals surface area contributed by atoms with Gasteiger partial charge in [-0.2, -0.15) is 8.42 Å². The highest BCUT2D eigenvalue weighted by Crippen LogP contribution is 2.40. The van der Waals surface area contributed by atoms with Crippen molar-refractivity contribution >= 4 is 62.3 Å². The normalized spacial score (nSPS) is 14.3. The number of halogens is 1. The lowest BCUT2D eigenvalue weighted by Crippen LogP contribution is -2.32. The number of amides is 3. The van der Waals surface area contributed by atoms with Crippen molar-refractivity contribution in [3.05, 3.63) is 82.2 Å². The van der Waals surface area contributed by atoms with Crippen LogP contribution in [-0.4, -0.2) is 50.1 Å². The molecule has 0 aliphatic carbocycles. The molecule has 0 spiro atoms. The van der Waals surface area contributed by atoms with Crippen LogP contribution in [0.3, 0.4) is 0 Å². The summed E-state index contributed by atoms with van der Waals surface area (Å²) in [5, 5.41) is 2.02. The van der Waals surface area contributed by atoms with Gasteiger partial charge in [0.15, 0.2) is 5.75 Å². The molecule has 1 heterocycles. The van der Waals surface area contributed by atoms with Crippen LogP contribution in [0.25, 0.3) is 6.08 Å². The zero-order valence-corrected chi connectivity index (χ0v) is 24.3. The number of carbonyl (C=O) groups is 3. The Hall–Kier alpha value is -4.00. The molecule has 0 radical (unpaired) electrons. The van der Waals surface area contributed by atoms with Gasteiger partial charge in [0.1, 0.15) is 17.3 Å². The van der Waals surface area contributed by atoms with Crippen molar-refractivity contribution in [2.75, 3.05) is 25.1 Å². The smallest absolute Gasteiger partial charge is 0.339 e. The van der Waals surface area contributed by atoms with Gasteiger partial charge in [0.2, 0.25) is 11.7 Å². The summed E-state index contributed by atoms with van der Waals surface area (Å²) in [6.07, 6.45) is 1.47. The molecule has 0 atom stereocenters. The number of ether oxygens (including phenoxy) is 2. The summed E-state index contributed by atoms with van der Waals surface area (Å²) in [5.41, 5.74) is 0.816. The van der Waals surface area contributed by atoms with E-state index < -0.39 is 21.3 Å². The Morgan fingerprint density at radius 2 is 1.76 bits per heavy atom. The zero-order chi connectivity index (χ0) is 29.6. The van der Waals surface area contributed by atoms with Gasteiger partial charge in [-0.3, -0.25) is 19.3 Å². The first-order chi connectivity index (χ1) is 19.6. The highest BCUT2D eigenvalue weighted by Gasteiger charge is 2.35. The van der Waals surface area contributed by atoms with Crippen LogP contribution in [0.15, 0.2) is 76.5 Å². The van der Waals surface area contributed by atoms with Crippen molar-refractivity contribution in [3.63, 3.8) is 0 Å². The monoisotopic (exact) mass is 616 g/mol. The van der Waals surface area contributed by atoms with Crippen LogP contribution >= 0.6 is 23.4 Å². The maximum Gasteiger partial charge on any atom is 0.339 e. The van der Waals surface area contributed by atoms with Crippen molar-refractivity contribution in [2.45, 2.75) is 18.7 Å². The molecular weight excluding hydrogens is 592 g/mol. The summed E-state index contributed by atoms with van der Waals surface area (Å²) >= 11 is 7.19. The molecule has 1 aliphatic heterocycles. The number of para-hydroxylation sites is 1. The first kappa shape index (κ1) is 30.0. The summed E-state index contributed by atoms with van der Waals surface area (Å²) in [7, 11) is -4.32. The molecule has 3 aromatic carbocycles. The molecular formula is C28H25ClN2O8S2. The third-order valence-electron chi connectivity index (χ3n) is 5.49. The molecule has 0 unspecified atom stereocenters. The number of hydrogen-bond acceptors (Lipinski definition) is 9. The van der Waals surface area contributed by atoms with E-state index in [2.05, 4.69) is 5.32 Å². The molecule has 41 heavy (non-hydrogen) atoms. The minimum Gasteiger partial charge on any atom is -0.492 e. The van der Waals surface area contributed by atoms with Crippen molar-refractivity contribution < 1.29 is 36.5 Å². The van der Waals surface area contributed by atoms with E-state index >= 15 is 0 Å². The fraction of sp³-hybridized carbons (Fsp3) is 0.179. The van der Waals surface area contributed by atoms with Crippen LogP contribution in [-0.2, 0) is 19.7 Å². The lowest BCUT2D eigenvalue weighted by Gasteiger charge is -2.15. The van der Waals surface area contributed by atoms with Crippen molar-refractivity contribution in [2.24, 2.45) is 0 Å². The van der Waals surface area contributed by atoms with E-state index in [1.807, 2.05) is 18.2 Å². The van der Waals surface area contributed by atoms with E-state index in [-0.39, 0.29) is 52.0 Å². The maximum atomic E-state index is 13.0. The van der Waals surface area contributed by atoms with E-state index in [9.17, 15) is 22.8 Å². The number of hydrogen-bond donors (Lipinski definition) is 1. The van der Waals surface area contributed by atoms with E-state index in [0.717, 1.165) is 16.7 Å². The average Bonchev–Trinajstić information content (AvgIpc) is 3.18. The van der Waals surface area contributed by atoms with Crippen molar-refractivity contribution in [1.29, 1.82) is 0 Å². The molecule has 13 heteroatoms. The van der Waals surface area contributed by atoms with Gasteiger partial charge in [0.25, 0.3) is 11.1 Å². The number of thioether (sulfide) groups is 1. The number of nitrogens with zero attached hydrogens (tertiary/aromatic N) is 1. The van der Waals surface area contributed by atoms with Gasteiger partial charge in [-0.05, 0) is 78.9 Å². The molecule has 3 aromatic rings. The second-order valence-corrected chi connectivity index (χ2v) is 11.4. The Morgan fingerprint density at radius 1 is 1.05 bits per heavy atom. The molecule has 214 valence electrons. The summed E-state index contributed by atoms with van der Waals surface area (Å²) < 4.78 is 42.5. The fourth-order valence-electron chi connectivity index (χ4n) is 3.70. The summed E-state index contributed by atoms with van der Waals surface area (Å²) in [6, 6.07) is 17.3. The molecule has 3 amide bonds. The van der Waals surface area contributed by atoms with Crippen molar-refractivity contribution in [3.8, 4) is 17.2 Å². The molecule has 1 N–H and O–H groups in total.